The number of ether oxygens (including phenoxy) is 1. The molecule has 0 spiro atoms. The number of allylic oxidation sites excluding steroid dienone is 2. The molecular formula is C22H23N3O7S2. The number of nitrogens with one attached hydrogen (secondary N) is 1. The number of sulfonamides is 2. The second kappa shape index (κ2) is 9.39. The minimum atomic E-state index is -4.35. The fraction of sp³-hybridized carbons (Fsp3) is 0.273. The fourth-order valence-corrected chi connectivity index (χ4v) is 5.77. The third-order valence-electron chi connectivity index (χ3n) is 5.61. The predicted octanol–water partition coefficient (Wildman–Crippen LogP) is 0.419. The Bertz CT molecular complexity index is 1380. The summed E-state index contributed by atoms with van der Waals surface area (Å²) in [5.41, 5.74) is 0.734. The number of rotatable bonds is 7. The molecule has 3 N–H and O–H groups in total. The van der Waals surface area contributed by atoms with Crippen LogP contribution in [0.4, 0.5) is 0 Å². The van der Waals surface area contributed by atoms with Crippen LogP contribution >= 0.6 is 0 Å². The molecule has 0 unspecified atom stereocenters. The van der Waals surface area contributed by atoms with Crippen molar-refractivity contribution in [3.05, 3.63) is 75.8 Å². The first-order chi connectivity index (χ1) is 16.1. The highest BCUT2D eigenvalue weighted by Gasteiger charge is 2.41. The van der Waals surface area contributed by atoms with Crippen LogP contribution in [-0.4, -0.2) is 66.2 Å². The summed E-state index contributed by atoms with van der Waals surface area (Å²) in [4.78, 5) is 27.5. The summed E-state index contributed by atoms with van der Waals surface area (Å²) in [5, 5.41) is 5.08. The standard InChI is InChI=1S/C22H23N3O7S2/c23-33(28,29)16-7-5-15(6-8-16)9-10-24-34(30,31)22-19(25-11-13-32-14-12-25)20(26)17-3-1-2-4-18(17)21(22)27/h1-8,24H,9-14H2,(H2,23,28,29). The van der Waals surface area contributed by atoms with Crippen LogP contribution in [0, 0.1) is 0 Å². The van der Waals surface area contributed by atoms with E-state index < -0.39 is 36.5 Å². The number of ketones is 2. The van der Waals surface area contributed by atoms with Crippen molar-refractivity contribution in [2.75, 3.05) is 32.8 Å². The summed E-state index contributed by atoms with van der Waals surface area (Å²) in [6.45, 7) is 1.11. The Morgan fingerprint density at radius 1 is 0.882 bits per heavy atom. The van der Waals surface area contributed by atoms with Gasteiger partial charge in [-0.25, -0.2) is 26.7 Å². The van der Waals surface area contributed by atoms with E-state index >= 15 is 0 Å². The van der Waals surface area contributed by atoms with Gasteiger partial charge in [-0.05, 0) is 24.1 Å². The van der Waals surface area contributed by atoms with E-state index in [1.165, 1.54) is 36.4 Å². The van der Waals surface area contributed by atoms with Crippen LogP contribution in [0.25, 0.3) is 0 Å². The maximum atomic E-state index is 13.3. The van der Waals surface area contributed by atoms with Gasteiger partial charge < -0.3 is 9.64 Å². The minimum absolute atomic E-state index is 0.0449. The van der Waals surface area contributed by atoms with E-state index in [4.69, 9.17) is 9.88 Å². The normalized spacial score (nSPS) is 17.1. The molecule has 12 heteroatoms. The summed E-state index contributed by atoms with van der Waals surface area (Å²) < 4.78 is 57.1. The monoisotopic (exact) mass is 505 g/mol. The highest BCUT2D eigenvalue weighted by Crippen LogP contribution is 2.31. The zero-order valence-corrected chi connectivity index (χ0v) is 19.7. The molecule has 0 bridgehead atoms. The van der Waals surface area contributed by atoms with E-state index in [1.54, 1.807) is 17.0 Å². The van der Waals surface area contributed by atoms with E-state index in [2.05, 4.69) is 4.72 Å². The van der Waals surface area contributed by atoms with E-state index in [1.807, 2.05) is 0 Å². The van der Waals surface area contributed by atoms with Crippen molar-refractivity contribution in [2.24, 2.45) is 5.14 Å². The number of nitrogens with zero attached hydrogens (tertiary/aromatic N) is 1. The molecule has 0 saturated carbocycles. The molecule has 10 nitrogen and oxygen atoms in total. The lowest BCUT2D eigenvalue weighted by molar-refractivity contribution is 0.0499. The molecule has 0 amide bonds. The van der Waals surface area contributed by atoms with Crippen molar-refractivity contribution >= 4 is 31.6 Å². The smallest absolute Gasteiger partial charge is 0.246 e. The molecule has 0 atom stereocenters. The van der Waals surface area contributed by atoms with Gasteiger partial charge >= 0.3 is 0 Å². The SMILES string of the molecule is NS(=O)(=O)c1ccc(CCNS(=O)(=O)C2=C(N3CCOCC3)C(=O)c3ccccc3C2=O)cc1. The Morgan fingerprint density at radius 2 is 1.47 bits per heavy atom. The summed E-state index contributed by atoms with van der Waals surface area (Å²) in [6.07, 6.45) is 0.225. The first kappa shape index (κ1) is 24.2. The zero-order chi connectivity index (χ0) is 24.5. The van der Waals surface area contributed by atoms with Crippen LogP contribution in [0.5, 0.6) is 0 Å². The number of nitrogens with two attached hydrogens (primary N) is 1. The summed E-state index contributed by atoms with van der Waals surface area (Å²) in [7, 11) is -8.18. The van der Waals surface area contributed by atoms with Crippen molar-refractivity contribution in [2.45, 2.75) is 11.3 Å². The average Bonchev–Trinajstić information content (AvgIpc) is 2.81. The van der Waals surface area contributed by atoms with Gasteiger partial charge in [0.15, 0.2) is 4.91 Å². The molecule has 1 fully saturated rings. The first-order valence-electron chi connectivity index (χ1n) is 10.5. The number of carbonyl (C=O) groups excluding carboxylic acids is 2. The van der Waals surface area contributed by atoms with Gasteiger partial charge in [-0.3, -0.25) is 9.59 Å². The van der Waals surface area contributed by atoms with Gasteiger partial charge in [0, 0.05) is 30.8 Å². The van der Waals surface area contributed by atoms with Crippen LogP contribution in [0.3, 0.4) is 0 Å². The predicted molar refractivity (Wildman–Crippen MR) is 123 cm³/mol. The highest BCUT2D eigenvalue weighted by molar-refractivity contribution is 7.94. The van der Waals surface area contributed by atoms with Gasteiger partial charge in [0.25, 0.3) is 0 Å². The number of carbonyl (C=O) groups is 2. The van der Waals surface area contributed by atoms with Gasteiger partial charge in [0.05, 0.1) is 18.1 Å². The van der Waals surface area contributed by atoms with Gasteiger partial charge in [-0.1, -0.05) is 36.4 Å². The molecule has 1 aliphatic carbocycles. The lowest BCUT2D eigenvalue weighted by Gasteiger charge is -2.33. The molecule has 0 aromatic heterocycles. The summed E-state index contributed by atoms with van der Waals surface area (Å²) in [6, 6.07) is 11.9. The Hall–Kier alpha value is -2.90. The third-order valence-corrected chi connectivity index (χ3v) is 8.04. The molecule has 180 valence electrons. The maximum absolute atomic E-state index is 13.3. The van der Waals surface area contributed by atoms with Crippen LogP contribution in [0.1, 0.15) is 26.3 Å². The molecule has 2 aliphatic rings. The van der Waals surface area contributed by atoms with Crippen LogP contribution in [0.2, 0.25) is 0 Å². The molecule has 1 aliphatic heterocycles. The van der Waals surface area contributed by atoms with Crippen molar-refractivity contribution in [3.8, 4) is 0 Å². The Morgan fingerprint density at radius 3 is 2.06 bits per heavy atom. The Balaban J connectivity index is 1.62. The van der Waals surface area contributed by atoms with Crippen LogP contribution < -0.4 is 9.86 Å². The Labute approximate surface area is 197 Å². The lowest BCUT2D eigenvalue weighted by atomic mass is 9.91. The number of hydrogen-bond donors (Lipinski definition) is 2. The van der Waals surface area contributed by atoms with Gasteiger partial charge in [-0.2, -0.15) is 0 Å². The second-order valence-corrected chi connectivity index (χ2v) is 11.1. The van der Waals surface area contributed by atoms with Crippen molar-refractivity contribution < 1.29 is 31.2 Å². The van der Waals surface area contributed by atoms with Gasteiger partial charge in [0.1, 0.15) is 5.70 Å². The fourth-order valence-electron chi connectivity index (χ4n) is 3.91. The summed E-state index contributed by atoms with van der Waals surface area (Å²) >= 11 is 0. The van der Waals surface area contributed by atoms with Crippen molar-refractivity contribution in [1.82, 2.24) is 9.62 Å². The van der Waals surface area contributed by atoms with Crippen molar-refractivity contribution in [1.29, 1.82) is 0 Å². The largest absolute Gasteiger partial charge is 0.378 e. The number of morpholine rings is 1. The van der Waals surface area contributed by atoms with Crippen molar-refractivity contribution in [3.63, 3.8) is 0 Å². The second-order valence-electron chi connectivity index (χ2n) is 7.82. The quantitative estimate of drug-likeness (QED) is 0.549. The molecule has 2 aromatic carbocycles. The van der Waals surface area contributed by atoms with E-state index in [9.17, 15) is 26.4 Å². The lowest BCUT2D eigenvalue weighted by Crippen LogP contribution is -2.44. The third kappa shape index (κ3) is 4.81. The number of Topliss-reactive ketones (excluding diaryl/α,β-unsaturated/α-hetero) is 2. The molecule has 1 heterocycles. The molecule has 1 saturated heterocycles. The Kier molecular flexibility index (Phi) is 6.69. The zero-order valence-electron chi connectivity index (χ0n) is 18.1. The maximum Gasteiger partial charge on any atom is 0.246 e. The molecule has 34 heavy (non-hydrogen) atoms. The van der Waals surface area contributed by atoms with Crippen LogP contribution in [0.15, 0.2) is 64.0 Å². The van der Waals surface area contributed by atoms with E-state index in [0.717, 1.165) is 0 Å². The van der Waals surface area contributed by atoms with Gasteiger partial charge in [0.2, 0.25) is 31.6 Å². The minimum Gasteiger partial charge on any atom is -0.378 e. The summed E-state index contributed by atoms with van der Waals surface area (Å²) in [5.74, 6) is -1.25. The van der Waals surface area contributed by atoms with E-state index in [0.29, 0.717) is 18.8 Å². The average molecular weight is 506 g/mol. The first-order valence-corrected chi connectivity index (χ1v) is 13.5. The van der Waals surface area contributed by atoms with E-state index in [-0.39, 0.29) is 47.8 Å². The number of benzene rings is 2. The highest BCUT2D eigenvalue weighted by atomic mass is 32.2. The molecule has 4 rings (SSSR count). The number of hydrogen-bond acceptors (Lipinski definition) is 8. The molecule has 0 radical (unpaired) electrons. The topological polar surface area (TPSA) is 153 Å². The van der Waals surface area contributed by atoms with Gasteiger partial charge in [-0.15, -0.1) is 0 Å². The number of primary sulfonamides is 1. The molecular weight excluding hydrogens is 482 g/mol. The molecule has 2 aromatic rings. The van der Waals surface area contributed by atoms with Crippen LogP contribution in [-0.2, 0) is 31.2 Å². The number of fused-ring (bicyclic) bond motifs is 1.